The first kappa shape index (κ1) is 19.9. The largest absolute Gasteiger partial charge is 0.364 e. The SMILES string of the molecule is Cc1ccnc(Cn2c(C(N)=O)c(-c3ccc4c(c3)nc(C)n4C)c3cc(F)ccc32)c1. The number of fused-ring (bicyclic) bond motifs is 2. The van der Waals surface area contributed by atoms with Crippen molar-refractivity contribution in [1.29, 1.82) is 0 Å². The van der Waals surface area contributed by atoms with Gasteiger partial charge in [-0.1, -0.05) is 6.07 Å². The summed E-state index contributed by atoms with van der Waals surface area (Å²) >= 11 is 0. The van der Waals surface area contributed by atoms with Crippen molar-refractivity contribution in [3.05, 3.63) is 83.3 Å². The molecule has 0 aliphatic rings. The Hall–Kier alpha value is -4.00. The predicted molar refractivity (Wildman–Crippen MR) is 123 cm³/mol. The zero-order valence-corrected chi connectivity index (χ0v) is 18.1. The summed E-state index contributed by atoms with van der Waals surface area (Å²) in [5.74, 6) is -0.0804. The summed E-state index contributed by atoms with van der Waals surface area (Å²) in [7, 11) is 1.95. The van der Waals surface area contributed by atoms with Gasteiger partial charge >= 0.3 is 0 Å². The van der Waals surface area contributed by atoms with Crippen molar-refractivity contribution in [3.63, 3.8) is 0 Å². The second-order valence-electron chi connectivity index (χ2n) is 8.08. The van der Waals surface area contributed by atoms with Gasteiger partial charge in [0.1, 0.15) is 17.3 Å². The Bertz CT molecular complexity index is 1530. The third-order valence-electron chi connectivity index (χ3n) is 5.94. The van der Waals surface area contributed by atoms with E-state index in [-0.39, 0.29) is 5.82 Å². The number of nitrogens with zero attached hydrogens (tertiary/aromatic N) is 4. The number of carbonyl (C=O) groups is 1. The summed E-state index contributed by atoms with van der Waals surface area (Å²) in [5, 5.41) is 0.624. The summed E-state index contributed by atoms with van der Waals surface area (Å²) in [6.07, 6.45) is 1.73. The second kappa shape index (κ2) is 7.30. The summed E-state index contributed by atoms with van der Waals surface area (Å²) < 4.78 is 18.1. The number of carbonyl (C=O) groups excluding carboxylic acids is 1. The Labute approximate surface area is 184 Å². The molecule has 0 saturated carbocycles. The van der Waals surface area contributed by atoms with E-state index in [0.29, 0.717) is 23.2 Å². The molecule has 5 rings (SSSR count). The van der Waals surface area contributed by atoms with Crippen molar-refractivity contribution in [2.24, 2.45) is 12.8 Å². The highest BCUT2D eigenvalue weighted by molar-refractivity contribution is 6.10. The van der Waals surface area contributed by atoms with E-state index in [1.54, 1.807) is 12.3 Å². The Morgan fingerprint density at radius 2 is 1.84 bits per heavy atom. The van der Waals surface area contributed by atoms with Gasteiger partial charge in [0, 0.05) is 29.7 Å². The van der Waals surface area contributed by atoms with E-state index in [2.05, 4.69) is 9.97 Å². The molecule has 1 amide bonds. The fourth-order valence-corrected chi connectivity index (χ4v) is 4.36. The molecule has 160 valence electrons. The number of primary amides is 1. The van der Waals surface area contributed by atoms with Crippen molar-refractivity contribution < 1.29 is 9.18 Å². The van der Waals surface area contributed by atoms with E-state index in [1.807, 2.05) is 60.4 Å². The molecule has 0 unspecified atom stereocenters. The number of aryl methyl sites for hydroxylation is 3. The summed E-state index contributed by atoms with van der Waals surface area (Å²) in [4.78, 5) is 21.8. The van der Waals surface area contributed by atoms with Crippen molar-refractivity contribution in [1.82, 2.24) is 19.1 Å². The van der Waals surface area contributed by atoms with Gasteiger partial charge in [0.15, 0.2) is 0 Å². The average molecular weight is 427 g/mol. The van der Waals surface area contributed by atoms with Gasteiger partial charge in [0.25, 0.3) is 5.91 Å². The van der Waals surface area contributed by atoms with Crippen molar-refractivity contribution in [2.75, 3.05) is 0 Å². The van der Waals surface area contributed by atoms with Gasteiger partial charge in [-0.3, -0.25) is 9.78 Å². The topological polar surface area (TPSA) is 78.7 Å². The Balaban J connectivity index is 1.81. The second-order valence-corrected chi connectivity index (χ2v) is 8.08. The van der Waals surface area contributed by atoms with Crippen LogP contribution >= 0.6 is 0 Å². The van der Waals surface area contributed by atoms with E-state index >= 15 is 0 Å². The van der Waals surface area contributed by atoms with E-state index in [4.69, 9.17) is 5.73 Å². The van der Waals surface area contributed by atoms with Crippen LogP contribution in [0.15, 0.2) is 54.7 Å². The highest BCUT2D eigenvalue weighted by Crippen LogP contribution is 2.37. The first-order valence-corrected chi connectivity index (χ1v) is 10.3. The van der Waals surface area contributed by atoms with Crippen LogP contribution in [0.3, 0.4) is 0 Å². The Morgan fingerprint density at radius 1 is 1.06 bits per heavy atom. The molecule has 5 aromatic rings. The lowest BCUT2D eigenvalue weighted by molar-refractivity contribution is 0.0993. The normalized spacial score (nSPS) is 11.5. The molecule has 0 aliphatic heterocycles. The molecule has 0 fully saturated rings. The van der Waals surface area contributed by atoms with Crippen LogP contribution < -0.4 is 5.73 Å². The van der Waals surface area contributed by atoms with Gasteiger partial charge < -0.3 is 14.9 Å². The fraction of sp³-hybridized carbons (Fsp3) is 0.160. The lowest BCUT2D eigenvalue weighted by Crippen LogP contribution is -2.18. The number of nitrogens with two attached hydrogens (primary N) is 1. The summed E-state index contributed by atoms with van der Waals surface area (Å²) in [6.45, 7) is 4.26. The lowest BCUT2D eigenvalue weighted by atomic mass is 10.0. The van der Waals surface area contributed by atoms with Crippen LogP contribution in [0, 0.1) is 19.7 Å². The molecule has 0 spiro atoms. The number of aromatic nitrogens is 4. The fourth-order valence-electron chi connectivity index (χ4n) is 4.36. The first-order valence-electron chi connectivity index (χ1n) is 10.3. The Kier molecular flexibility index (Phi) is 4.55. The molecule has 0 bridgehead atoms. The molecule has 0 saturated heterocycles. The third kappa shape index (κ3) is 3.13. The van der Waals surface area contributed by atoms with Crippen LogP contribution in [0.5, 0.6) is 0 Å². The van der Waals surface area contributed by atoms with Crippen LogP contribution in [-0.2, 0) is 13.6 Å². The molecule has 32 heavy (non-hydrogen) atoms. The molecule has 2 aromatic carbocycles. The number of imidazole rings is 1. The number of pyridine rings is 1. The highest BCUT2D eigenvalue weighted by atomic mass is 19.1. The molecule has 3 aromatic heterocycles. The number of halogens is 1. The van der Waals surface area contributed by atoms with E-state index in [0.717, 1.165) is 39.2 Å². The van der Waals surface area contributed by atoms with Gasteiger partial charge in [-0.25, -0.2) is 9.37 Å². The molecular weight excluding hydrogens is 405 g/mol. The van der Waals surface area contributed by atoms with Gasteiger partial charge in [0.05, 0.1) is 23.3 Å². The average Bonchev–Trinajstić information content (AvgIpc) is 3.21. The van der Waals surface area contributed by atoms with Gasteiger partial charge in [-0.05, 0) is 67.4 Å². The molecular formula is C25H22FN5O. The maximum atomic E-state index is 14.3. The van der Waals surface area contributed by atoms with Crippen LogP contribution in [-0.4, -0.2) is 25.0 Å². The molecule has 0 atom stereocenters. The zero-order valence-electron chi connectivity index (χ0n) is 18.1. The first-order chi connectivity index (χ1) is 15.3. The van der Waals surface area contributed by atoms with Crippen molar-refractivity contribution in [2.45, 2.75) is 20.4 Å². The molecule has 7 heteroatoms. The molecule has 6 nitrogen and oxygen atoms in total. The van der Waals surface area contributed by atoms with Crippen molar-refractivity contribution >= 4 is 27.8 Å². The minimum Gasteiger partial charge on any atom is -0.364 e. The van der Waals surface area contributed by atoms with Gasteiger partial charge in [-0.2, -0.15) is 0 Å². The van der Waals surface area contributed by atoms with E-state index in [9.17, 15) is 9.18 Å². The summed E-state index contributed by atoms with van der Waals surface area (Å²) in [5.41, 5.74) is 11.9. The Morgan fingerprint density at radius 3 is 2.59 bits per heavy atom. The zero-order chi connectivity index (χ0) is 22.6. The monoisotopic (exact) mass is 427 g/mol. The smallest absolute Gasteiger partial charge is 0.266 e. The van der Waals surface area contributed by atoms with Crippen LogP contribution in [0.4, 0.5) is 4.39 Å². The van der Waals surface area contributed by atoms with Crippen molar-refractivity contribution in [3.8, 4) is 11.1 Å². The van der Waals surface area contributed by atoms with E-state index in [1.165, 1.54) is 12.1 Å². The van der Waals surface area contributed by atoms with Gasteiger partial charge in [-0.15, -0.1) is 0 Å². The minimum absolute atomic E-state index is 0.320. The highest BCUT2D eigenvalue weighted by Gasteiger charge is 2.24. The van der Waals surface area contributed by atoms with Gasteiger partial charge in [0.2, 0.25) is 0 Å². The molecule has 0 aliphatic carbocycles. The number of amides is 1. The molecule has 2 N–H and O–H groups in total. The maximum Gasteiger partial charge on any atom is 0.266 e. The number of rotatable bonds is 4. The summed E-state index contributed by atoms with van der Waals surface area (Å²) in [6, 6.07) is 14.2. The molecule has 3 heterocycles. The van der Waals surface area contributed by atoms with Crippen LogP contribution in [0.2, 0.25) is 0 Å². The third-order valence-corrected chi connectivity index (χ3v) is 5.94. The molecule has 0 radical (unpaired) electrons. The quantitative estimate of drug-likeness (QED) is 0.459. The van der Waals surface area contributed by atoms with E-state index < -0.39 is 5.91 Å². The predicted octanol–water partition coefficient (Wildman–Crippen LogP) is 4.49. The van der Waals surface area contributed by atoms with Crippen LogP contribution in [0.1, 0.15) is 27.6 Å². The minimum atomic E-state index is -0.582. The standard InChI is InChI=1S/C25H22FN5O/c1-14-8-9-28-18(10-14)13-31-21-7-5-17(26)12-19(21)23(24(31)25(27)32)16-4-6-22-20(11-16)29-15(2)30(22)3/h4-12H,13H2,1-3H3,(H2,27,32). The lowest BCUT2D eigenvalue weighted by Gasteiger charge is -2.10. The number of hydrogen-bond donors (Lipinski definition) is 1. The maximum absolute atomic E-state index is 14.3. The number of hydrogen-bond acceptors (Lipinski definition) is 3. The van der Waals surface area contributed by atoms with Crippen LogP contribution in [0.25, 0.3) is 33.1 Å². The number of benzene rings is 2.